The highest BCUT2D eigenvalue weighted by Gasteiger charge is 2.56. The van der Waals surface area contributed by atoms with Crippen LogP contribution in [0.4, 0.5) is 17.6 Å². The van der Waals surface area contributed by atoms with Gasteiger partial charge in [-0.2, -0.15) is 18.4 Å². The molecule has 0 aromatic carbocycles. The van der Waals surface area contributed by atoms with Crippen molar-refractivity contribution in [2.75, 3.05) is 39.4 Å². The summed E-state index contributed by atoms with van der Waals surface area (Å²) in [6.07, 6.45) is -3.16. The molecule has 3 amide bonds. The molecule has 0 aromatic heterocycles. The Morgan fingerprint density at radius 1 is 1.12 bits per heavy atom. The molecule has 0 bridgehead atoms. The van der Waals surface area contributed by atoms with Crippen molar-refractivity contribution in [1.29, 1.82) is 5.26 Å². The predicted octanol–water partition coefficient (Wildman–Crippen LogP) is 1.70. The van der Waals surface area contributed by atoms with E-state index in [0.717, 1.165) is 0 Å². The average Bonchev–Trinajstić information content (AvgIpc) is 3.40. The van der Waals surface area contributed by atoms with Gasteiger partial charge in [-0.25, -0.2) is 4.39 Å². The average molecular weight is 570 g/mol. The molecule has 2 saturated heterocycles. The molecule has 3 heterocycles. The molecule has 3 aliphatic heterocycles. The van der Waals surface area contributed by atoms with Crippen LogP contribution in [0, 0.1) is 35.0 Å². The smallest absolute Gasteiger partial charge is 0.378 e. The van der Waals surface area contributed by atoms with E-state index in [1.807, 2.05) is 6.07 Å². The van der Waals surface area contributed by atoms with Crippen molar-refractivity contribution in [3.8, 4) is 6.07 Å². The lowest BCUT2D eigenvalue weighted by Gasteiger charge is -2.46. The third-order valence-corrected chi connectivity index (χ3v) is 9.20. The van der Waals surface area contributed by atoms with E-state index in [4.69, 9.17) is 4.74 Å². The number of rotatable bonds is 4. The molecule has 8 atom stereocenters. The van der Waals surface area contributed by atoms with E-state index in [-0.39, 0.29) is 31.5 Å². The van der Waals surface area contributed by atoms with Gasteiger partial charge in [0.1, 0.15) is 6.17 Å². The lowest BCUT2D eigenvalue weighted by Crippen LogP contribution is -2.58. The quantitative estimate of drug-likeness (QED) is 0.499. The number of alkyl halides is 4. The number of nitriles is 1. The molecule has 4 fully saturated rings. The normalized spacial score (nSPS) is 37.1. The Morgan fingerprint density at radius 2 is 1.88 bits per heavy atom. The molecule has 40 heavy (non-hydrogen) atoms. The number of likely N-dealkylation sites (tertiary alicyclic amines) is 1. The van der Waals surface area contributed by atoms with E-state index in [9.17, 15) is 37.2 Å². The first kappa shape index (κ1) is 28.8. The summed E-state index contributed by atoms with van der Waals surface area (Å²) in [6.45, 7) is 1.55. The molecule has 0 aromatic rings. The fourth-order valence-electron chi connectivity index (χ4n) is 7.29. The first-order valence-electron chi connectivity index (χ1n) is 14.1. The van der Waals surface area contributed by atoms with Gasteiger partial charge in [0.05, 0.1) is 37.2 Å². The van der Waals surface area contributed by atoms with E-state index in [1.165, 1.54) is 11.0 Å². The summed E-state index contributed by atoms with van der Waals surface area (Å²) in [6, 6.07) is -0.446. The third kappa shape index (κ3) is 5.84. The van der Waals surface area contributed by atoms with Gasteiger partial charge >= 0.3 is 6.18 Å². The number of nitrogens with zero attached hydrogens (tertiary/aromatic N) is 3. The molecule has 5 rings (SSSR count). The maximum absolute atomic E-state index is 14.5. The zero-order chi connectivity index (χ0) is 28.6. The minimum absolute atomic E-state index is 0.0485. The predicted molar refractivity (Wildman–Crippen MR) is 133 cm³/mol. The SMILES string of the molecule is N#CC1CC(C(=O)N2CCOCC2)C(N2CC[C@@H](NC(=O)C3=CC(=O)NC4C(F)CCCC34)C2)C(C(F)(F)F)C1. The van der Waals surface area contributed by atoms with Gasteiger partial charge in [0.25, 0.3) is 0 Å². The molecule has 2 N–H and O–H groups in total. The van der Waals surface area contributed by atoms with Crippen molar-refractivity contribution in [2.24, 2.45) is 23.7 Å². The summed E-state index contributed by atoms with van der Waals surface area (Å²) in [5.41, 5.74) is 0.206. The zero-order valence-electron chi connectivity index (χ0n) is 22.2. The number of morpholine rings is 1. The molecule has 220 valence electrons. The lowest BCUT2D eigenvalue weighted by atomic mass is 9.70. The van der Waals surface area contributed by atoms with Gasteiger partial charge in [0, 0.05) is 61.7 Å². The molecule has 7 unspecified atom stereocenters. The van der Waals surface area contributed by atoms with Crippen molar-refractivity contribution in [1.82, 2.24) is 20.4 Å². The van der Waals surface area contributed by atoms with E-state index in [2.05, 4.69) is 10.6 Å². The maximum atomic E-state index is 14.5. The second-order valence-corrected chi connectivity index (χ2v) is 11.6. The van der Waals surface area contributed by atoms with Gasteiger partial charge in [-0.3, -0.25) is 19.3 Å². The molecule has 2 aliphatic carbocycles. The van der Waals surface area contributed by atoms with E-state index in [1.54, 1.807) is 4.90 Å². The van der Waals surface area contributed by atoms with Gasteiger partial charge in [0.2, 0.25) is 17.7 Å². The molecule has 0 spiro atoms. The zero-order valence-corrected chi connectivity index (χ0v) is 22.2. The molecule has 13 heteroatoms. The van der Waals surface area contributed by atoms with E-state index in [0.29, 0.717) is 52.0 Å². The van der Waals surface area contributed by atoms with Crippen LogP contribution in [0.25, 0.3) is 0 Å². The van der Waals surface area contributed by atoms with Crippen LogP contribution < -0.4 is 10.6 Å². The minimum Gasteiger partial charge on any atom is -0.378 e. The highest BCUT2D eigenvalue weighted by molar-refractivity contribution is 6.03. The molecule has 2 saturated carbocycles. The number of carbonyl (C=O) groups excluding carboxylic acids is 3. The van der Waals surface area contributed by atoms with Crippen LogP contribution in [0.2, 0.25) is 0 Å². The van der Waals surface area contributed by atoms with Gasteiger partial charge in [-0.05, 0) is 38.5 Å². The Bertz CT molecular complexity index is 1070. The summed E-state index contributed by atoms with van der Waals surface area (Å²) < 4.78 is 62.9. The summed E-state index contributed by atoms with van der Waals surface area (Å²) in [5, 5.41) is 15.0. The van der Waals surface area contributed by atoms with Gasteiger partial charge < -0.3 is 20.3 Å². The first-order valence-corrected chi connectivity index (χ1v) is 14.1. The molecule has 9 nitrogen and oxygen atoms in total. The fourth-order valence-corrected chi connectivity index (χ4v) is 7.29. The van der Waals surface area contributed by atoms with Crippen LogP contribution in [0.1, 0.15) is 38.5 Å². The summed E-state index contributed by atoms with van der Waals surface area (Å²) in [4.78, 5) is 42.1. The van der Waals surface area contributed by atoms with E-state index < -0.39 is 71.9 Å². The Morgan fingerprint density at radius 3 is 2.58 bits per heavy atom. The molecule has 5 aliphatic rings. The van der Waals surface area contributed by atoms with Crippen LogP contribution in [0.15, 0.2) is 11.6 Å². The summed E-state index contributed by atoms with van der Waals surface area (Å²) >= 11 is 0. The van der Waals surface area contributed by atoms with Crippen LogP contribution in [-0.4, -0.2) is 97.4 Å². The van der Waals surface area contributed by atoms with Gasteiger partial charge in [-0.1, -0.05) is 0 Å². The number of amides is 3. The fraction of sp³-hybridized carbons (Fsp3) is 0.778. The third-order valence-electron chi connectivity index (χ3n) is 9.20. The lowest BCUT2D eigenvalue weighted by molar-refractivity contribution is -0.209. The number of fused-ring (bicyclic) bond motifs is 1. The second kappa shape index (κ2) is 11.6. The van der Waals surface area contributed by atoms with Crippen molar-refractivity contribution in [3.63, 3.8) is 0 Å². The van der Waals surface area contributed by atoms with Crippen LogP contribution >= 0.6 is 0 Å². The topological polar surface area (TPSA) is 115 Å². The second-order valence-electron chi connectivity index (χ2n) is 11.6. The standard InChI is InChI=1S/C27H35F4N5O4/c28-21-3-1-2-17-18(12-22(37)34-23(17)21)25(38)33-16-4-5-36(14-16)24-19(26(39)35-6-8-40-9-7-35)10-15(13-32)11-20(24)27(29,30)31/h12,15-17,19-21,23-24H,1-11,14H2,(H,33,38)(H,34,37)/t15?,16-,17?,19?,20?,21?,23?,24?/m1/s1. The summed E-state index contributed by atoms with van der Waals surface area (Å²) in [7, 11) is 0. The summed E-state index contributed by atoms with van der Waals surface area (Å²) in [5.74, 6) is -5.63. The number of nitrogens with one attached hydrogen (secondary N) is 2. The van der Waals surface area contributed by atoms with E-state index >= 15 is 0 Å². The van der Waals surface area contributed by atoms with Gasteiger partial charge in [-0.15, -0.1) is 0 Å². The van der Waals surface area contributed by atoms with Crippen molar-refractivity contribution < 1.29 is 36.7 Å². The number of halogens is 4. The monoisotopic (exact) mass is 569 g/mol. The highest BCUT2D eigenvalue weighted by atomic mass is 19.4. The van der Waals surface area contributed by atoms with Crippen LogP contribution in [-0.2, 0) is 19.1 Å². The largest absolute Gasteiger partial charge is 0.393 e. The van der Waals surface area contributed by atoms with Crippen LogP contribution in [0.3, 0.4) is 0 Å². The Kier molecular flexibility index (Phi) is 8.38. The molecule has 0 radical (unpaired) electrons. The van der Waals surface area contributed by atoms with Crippen LogP contribution in [0.5, 0.6) is 0 Å². The van der Waals surface area contributed by atoms with Crippen molar-refractivity contribution in [2.45, 2.75) is 69.0 Å². The number of hydrogen-bond donors (Lipinski definition) is 2. The minimum atomic E-state index is -4.61. The Labute approximate surface area is 230 Å². The maximum Gasteiger partial charge on any atom is 0.393 e. The Hall–Kier alpha value is -2.72. The first-order chi connectivity index (χ1) is 19.1. The molecular weight excluding hydrogens is 534 g/mol. The van der Waals surface area contributed by atoms with Gasteiger partial charge in [0.15, 0.2) is 0 Å². The highest BCUT2D eigenvalue weighted by Crippen LogP contribution is 2.46. The number of hydrogen-bond acceptors (Lipinski definition) is 6. The van der Waals surface area contributed by atoms with Crippen molar-refractivity contribution >= 4 is 17.7 Å². The number of ether oxygens (including phenoxy) is 1. The number of carbonyl (C=O) groups is 3. The Balaban J connectivity index is 1.33. The van der Waals surface area contributed by atoms with Crippen molar-refractivity contribution in [3.05, 3.63) is 11.6 Å². The molecular formula is C27H35F4N5O4.